The van der Waals surface area contributed by atoms with Gasteiger partial charge in [0.25, 0.3) is 0 Å². The Labute approximate surface area is 112 Å². The van der Waals surface area contributed by atoms with Crippen molar-refractivity contribution >= 4 is 0 Å². The molecule has 0 aromatic heterocycles. The predicted octanol–water partition coefficient (Wildman–Crippen LogP) is 5.14. The first-order chi connectivity index (χ1) is 8.41. The fraction of sp³-hybridized carbons (Fsp3) is 0.250. The molecule has 0 aromatic rings. The molecule has 0 radical (unpaired) electrons. The monoisotopic (exact) mass is 272 g/mol. The average molecular weight is 273 g/mol. The maximum absolute atomic E-state index is 3.68. The van der Waals surface area contributed by atoms with Crippen molar-refractivity contribution in [2.75, 3.05) is 0 Å². The maximum atomic E-state index is 3.68. The summed E-state index contributed by atoms with van der Waals surface area (Å²) < 4.78 is 0. The first-order valence-corrected chi connectivity index (χ1v) is 6.96. The van der Waals surface area contributed by atoms with Gasteiger partial charge in [0.1, 0.15) is 0 Å². The zero-order valence-electron chi connectivity index (χ0n) is 10.3. The second kappa shape index (κ2) is 14.9. The molecule has 0 rings (SSSR count). The third-order valence-corrected chi connectivity index (χ3v) is 2.57. The van der Waals surface area contributed by atoms with Crippen molar-refractivity contribution in [3.63, 3.8) is 0 Å². The summed E-state index contributed by atoms with van der Waals surface area (Å²) in [6.07, 6.45) is 20.7. The van der Waals surface area contributed by atoms with Crippen molar-refractivity contribution < 1.29 is 14.4 Å². The van der Waals surface area contributed by atoms with E-state index < -0.39 is 0 Å². The molecule has 0 amide bonds. The molecule has 0 aromatic carbocycles. The van der Waals surface area contributed by atoms with Gasteiger partial charge in [-0.1, -0.05) is 0 Å². The average Bonchev–Trinajstić information content (AvgIpc) is 2.35. The summed E-state index contributed by atoms with van der Waals surface area (Å²) >= 11 is 1.50. The van der Waals surface area contributed by atoms with E-state index in [0.717, 1.165) is 25.7 Å². The SMILES string of the molecule is C=CCCC=CC=[CH][Ni][CH]=CC=CCCC=C. The van der Waals surface area contributed by atoms with Crippen molar-refractivity contribution in [3.05, 3.63) is 71.9 Å². The normalized spacial score (nSPS) is 12.5. The van der Waals surface area contributed by atoms with Gasteiger partial charge >= 0.3 is 112 Å². The summed E-state index contributed by atoms with van der Waals surface area (Å²) in [6.45, 7) is 7.36. The Kier molecular flexibility index (Phi) is 14.0. The second-order valence-electron chi connectivity index (χ2n) is 3.29. The first kappa shape index (κ1) is 15.9. The molecular weight excluding hydrogens is 251 g/mol. The van der Waals surface area contributed by atoms with Crippen LogP contribution in [0.4, 0.5) is 0 Å². The van der Waals surface area contributed by atoms with Gasteiger partial charge in [0.05, 0.1) is 0 Å². The molecule has 0 heterocycles. The summed E-state index contributed by atoms with van der Waals surface area (Å²) in [5.41, 5.74) is 0. The Bertz CT molecular complexity index is 263. The van der Waals surface area contributed by atoms with Crippen LogP contribution in [-0.4, -0.2) is 0 Å². The van der Waals surface area contributed by atoms with Crippen LogP contribution < -0.4 is 0 Å². The molecule has 1 heteroatoms. The summed E-state index contributed by atoms with van der Waals surface area (Å²) in [7, 11) is 0. The van der Waals surface area contributed by atoms with E-state index >= 15 is 0 Å². The van der Waals surface area contributed by atoms with Gasteiger partial charge in [-0.25, -0.2) is 0 Å². The summed E-state index contributed by atoms with van der Waals surface area (Å²) in [5, 5.41) is 4.18. The van der Waals surface area contributed by atoms with Crippen LogP contribution in [0, 0.1) is 0 Å². The van der Waals surface area contributed by atoms with E-state index in [1.54, 1.807) is 0 Å². The molecule has 0 atom stereocenters. The zero-order chi connectivity index (χ0) is 12.6. The van der Waals surface area contributed by atoms with Crippen molar-refractivity contribution in [1.82, 2.24) is 0 Å². The van der Waals surface area contributed by atoms with Gasteiger partial charge in [-0.2, -0.15) is 0 Å². The first-order valence-electron chi connectivity index (χ1n) is 5.81. The standard InChI is InChI=1S/2C8H11.Ni/c2*1-3-5-7-8-6-4-2;/h2*1,3-5,7H,2,6,8H2;. The van der Waals surface area contributed by atoms with Gasteiger partial charge in [-0.3, -0.25) is 0 Å². The van der Waals surface area contributed by atoms with Crippen molar-refractivity contribution in [2.45, 2.75) is 25.7 Å². The van der Waals surface area contributed by atoms with Crippen molar-refractivity contribution in [1.29, 1.82) is 0 Å². The number of allylic oxidation sites excluding steroid dienone is 8. The summed E-state index contributed by atoms with van der Waals surface area (Å²) in [5.74, 6) is 0. The van der Waals surface area contributed by atoms with Crippen LogP contribution in [0.1, 0.15) is 25.7 Å². The second-order valence-corrected chi connectivity index (χ2v) is 4.28. The van der Waals surface area contributed by atoms with Crippen molar-refractivity contribution in [3.8, 4) is 0 Å². The van der Waals surface area contributed by atoms with Crippen molar-refractivity contribution in [2.24, 2.45) is 0 Å². The molecular formula is C16H22Ni. The van der Waals surface area contributed by atoms with Crippen LogP contribution in [0.25, 0.3) is 0 Å². The Hall–Kier alpha value is -1.07. The van der Waals surface area contributed by atoms with E-state index in [1.807, 2.05) is 12.2 Å². The molecule has 0 bridgehead atoms. The Balaban J connectivity index is 3.48. The van der Waals surface area contributed by atoms with Crippen LogP contribution in [-0.2, 0) is 14.4 Å². The Morgan fingerprint density at radius 3 is 1.53 bits per heavy atom. The van der Waals surface area contributed by atoms with Crippen LogP contribution >= 0.6 is 0 Å². The van der Waals surface area contributed by atoms with Gasteiger partial charge in [-0.15, -0.1) is 0 Å². The van der Waals surface area contributed by atoms with Crippen LogP contribution in [0.2, 0.25) is 0 Å². The molecule has 0 aliphatic heterocycles. The number of unbranched alkanes of at least 4 members (excludes halogenated alkanes) is 2. The van der Waals surface area contributed by atoms with Crippen LogP contribution in [0.5, 0.6) is 0 Å². The predicted molar refractivity (Wildman–Crippen MR) is 75.4 cm³/mol. The topological polar surface area (TPSA) is 0 Å². The van der Waals surface area contributed by atoms with Gasteiger partial charge in [-0.05, 0) is 0 Å². The van der Waals surface area contributed by atoms with E-state index in [1.165, 1.54) is 14.4 Å². The third-order valence-electron chi connectivity index (χ3n) is 1.81. The zero-order valence-corrected chi connectivity index (χ0v) is 11.3. The minimum atomic E-state index is 1.05. The molecule has 17 heavy (non-hydrogen) atoms. The van der Waals surface area contributed by atoms with E-state index in [-0.39, 0.29) is 0 Å². The molecule has 0 saturated carbocycles. The molecule has 0 fully saturated rings. The van der Waals surface area contributed by atoms with Crippen LogP contribution in [0.15, 0.2) is 71.9 Å². The molecule has 96 valence electrons. The molecule has 0 saturated heterocycles. The fourth-order valence-corrected chi connectivity index (χ4v) is 1.50. The number of hydrogen-bond acceptors (Lipinski definition) is 0. The molecule has 0 unspecified atom stereocenters. The minimum absolute atomic E-state index is 1.05. The van der Waals surface area contributed by atoms with Crippen LogP contribution in [0.3, 0.4) is 0 Å². The van der Waals surface area contributed by atoms with E-state index in [2.05, 4.69) is 59.7 Å². The molecule has 0 N–H and O–H groups in total. The van der Waals surface area contributed by atoms with E-state index in [0.29, 0.717) is 0 Å². The number of hydrogen-bond donors (Lipinski definition) is 0. The van der Waals surface area contributed by atoms with Gasteiger partial charge in [0.2, 0.25) is 0 Å². The van der Waals surface area contributed by atoms with E-state index in [9.17, 15) is 0 Å². The molecule has 0 aliphatic carbocycles. The van der Waals surface area contributed by atoms with Gasteiger partial charge in [0.15, 0.2) is 0 Å². The van der Waals surface area contributed by atoms with E-state index in [4.69, 9.17) is 0 Å². The molecule has 0 spiro atoms. The molecule has 0 nitrogen and oxygen atoms in total. The molecule has 0 aliphatic rings. The van der Waals surface area contributed by atoms with Gasteiger partial charge in [0, 0.05) is 0 Å². The summed E-state index contributed by atoms with van der Waals surface area (Å²) in [4.78, 5) is 0. The number of rotatable bonds is 10. The van der Waals surface area contributed by atoms with Gasteiger partial charge < -0.3 is 0 Å². The quantitative estimate of drug-likeness (QED) is 0.224. The summed E-state index contributed by atoms with van der Waals surface area (Å²) in [6, 6.07) is 0. The Morgan fingerprint density at radius 1 is 0.647 bits per heavy atom. The fourth-order valence-electron chi connectivity index (χ4n) is 0.953. The third kappa shape index (κ3) is 14.9. The Morgan fingerprint density at radius 2 is 1.12 bits per heavy atom.